The highest BCUT2D eigenvalue weighted by Gasteiger charge is 2.43. The third-order valence-corrected chi connectivity index (χ3v) is 3.42. The molecule has 0 bridgehead atoms. The average molecular weight is 338 g/mol. The summed E-state index contributed by atoms with van der Waals surface area (Å²) in [6.07, 6.45) is -0.519. The molecule has 1 aliphatic rings. The van der Waals surface area contributed by atoms with Crippen molar-refractivity contribution in [3.63, 3.8) is 0 Å². The van der Waals surface area contributed by atoms with Gasteiger partial charge in [-0.15, -0.1) is 0 Å². The van der Waals surface area contributed by atoms with Crippen LogP contribution in [-0.4, -0.2) is 62.7 Å². The molecule has 1 saturated carbocycles. The molecular weight excluding hydrogens is 310 g/mol. The van der Waals surface area contributed by atoms with Crippen molar-refractivity contribution in [3.8, 4) is 0 Å². The summed E-state index contributed by atoms with van der Waals surface area (Å²) in [6.45, 7) is 6.12. The van der Waals surface area contributed by atoms with E-state index in [0.29, 0.717) is 13.0 Å². The lowest BCUT2D eigenvalue weighted by Crippen LogP contribution is -2.61. The molecule has 8 heteroatoms. The lowest BCUT2D eigenvalue weighted by Gasteiger charge is -2.44. The summed E-state index contributed by atoms with van der Waals surface area (Å²) >= 11 is 0. The number of alkyl carbamates (subject to hydrolysis) is 1. The molecule has 1 fully saturated rings. The molecule has 0 spiro atoms. The first-order valence-corrected chi connectivity index (χ1v) is 7.80. The number of carbonyl (C=O) groups is 1. The van der Waals surface area contributed by atoms with Crippen molar-refractivity contribution in [1.82, 2.24) is 10.6 Å². The first kappa shape index (κ1) is 20.1. The topological polar surface area (TPSA) is 68.8 Å². The first-order chi connectivity index (χ1) is 10.6. The minimum absolute atomic E-state index is 0.0592. The molecule has 0 aromatic heterocycles. The van der Waals surface area contributed by atoms with Crippen LogP contribution in [0.2, 0.25) is 0 Å². The number of ether oxygens (including phenoxy) is 3. The third-order valence-electron chi connectivity index (χ3n) is 3.42. The SMILES string of the molecule is CCOC1CC(NCC(F)(F)CNC(=O)OC(C)(C)C)C1OC. The molecule has 136 valence electrons. The van der Waals surface area contributed by atoms with Gasteiger partial charge in [-0.05, 0) is 34.1 Å². The minimum atomic E-state index is -3.08. The predicted molar refractivity (Wildman–Crippen MR) is 81.8 cm³/mol. The molecule has 0 saturated heterocycles. The molecule has 2 N–H and O–H groups in total. The lowest BCUT2D eigenvalue weighted by molar-refractivity contribution is -0.135. The Morgan fingerprint density at radius 2 is 1.91 bits per heavy atom. The second-order valence-corrected chi connectivity index (χ2v) is 6.63. The second kappa shape index (κ2) is 8.21. The van der Waals surface area contributed by atoms with Crippen molar-refractivity contribution >= 4 is 6.09 Å². The van der Waals surface area contributed by atoms with Crippen molar-refractivity contribution < 1.29 is 27.8 Å². The summed E-state index contributed by atoms with van der Waals surface area (Å²) in [6, 6.07) is -0.177. The van der Waals surface area contributed by atoms with E-state index < -0.39 is 30.7 Å². The van der Waals surface area contributed by atoms with Crippen molar-refractivity contribution in [2.45, 2.75) is 63.9 Å². The number of carbonyl (C=O) groups excluding carboxylic acids is 1. The van der Waals surface area contributed by atoms with Gasteiger partial charge in [0.1, 0.15) is 5.60 Å². The van der Waals surface area contributed by atoms with Crippen LogP contribution in [-0.2, 0) is 14.2 Å². The Morgan fingerprint density at radius 1 is 1.26 bits per heavy atom. The highest BCUT2D eigenvalue weighted by Crippen LogP contribution is 2.27. The van der Waals surface area contributed by atoms with Gasteiger partial charge in [0.2, 0.25) is 0 Å². The number of amides is 1. The Bertz CT molecular complexity index is 388. The largest absolute Gasteiger partial charge is 0.444 e. The van der Waals surface area contributed by atoms with Crippen LogP contribution in [0.3, 0.4) is 0 Å². The van der Waals surface area contributed by atoms with E-state index in [1.54, 1.807) is 20.8 Å². The number of hydrogen-bond donors (Lipinski definition) is 2. The molecule has 0 aliphatic heterocycles. The molecule has 0 aromatic carbocycles. The van der Waals surface area contributed by atoms with E-state index in [2.05, 4.69) is 10.6 Å². The maximum absolute atomic E-state index is 13.8. The van der Waals surface area contributed by atoms with Crippen LogP contribution < -0.4 is 10.6 Å². The molecule has 6 nitrogen and oxygen atoms in total. The third kappa shape index (κ3) is 6.97. The molecule has 1 rings (SSSR count). The molecule has 23 heavy (non-hydrogen) atoms. The summed E-state index contributed by atoms with van der Waals surface area (Å²) in [5, 5.41) is 4.86. The highest BCUT2D eigenvalue weighted by molar-refractivity contribution is 5.67. The fourth-order valence-corrected chi connectivity index (χ4v) is 2.33. The van der Waals surface area contributed by atoms with E-state index in [0.717, 1.165) is 0 Å². The minimum Gasteiger partial charge on any atom is -0.444 e. The zero-order valence-corrected chi connectivity index (χ0v) is 14.4. The molecule has 3 unspecified atom stereocenters. The van der Waals surface area contributed by atoms with Gasteiger partial charge >= 0.3 is 6.09 Å². The van der Waals surface area contributed by atoms with Crippen LogP contribution >= 0.6 is 0 Å². The Hall–Kier alpha value is -0.990. The Morgan fingerprint density at radius 3 is 2.43 bits per heavy atom. The van der Waals surface area contributed by atoms with E-state index in [9.17, 15) is 13.6 Å². The highest BCUT2D eigenvalue weighted by atomic mass is 19.3. The first-order valence-electron chi connectivity index (χ1n) is 7.80. The van der Waals surface area contributed by atoms with E-state index in [1.807, 2.05) is 6.92 Å². The van der Waals surface area contributed by atoms with Crippen LogP contribution in [0.1, 0.15) is 34.1 Å². The molecule has 0 heterocycles. The number of hydrogen-bond acceptors (Lipinski definition) is 5. The summed E-state index contributed by atoms with van der Waals surface area (Å²) < 4.78 is 43.2. The van der Waals surface area contributed by atoms with E-state index in [1.165, 1.54) is 7.11 Å². The van der Waals surface area contributed by atoms with Crippen molar-refractivity contribution in [1.29, 1.82) is 0 Å². The maximum Gasteiger partial charge on any atom is 0.407 e. The van der Waals surface area contributed by atoms with E-state index in [-0.39, 0.29) is 18.2 Å². The van der Waals surface area contributed by atoms with E-state index in [4.69, 9.17) is 14.2 Å². The zero-order valence-electron chi connectivity index (χ0n) is 14.4. The molecular formula is C15H28F2N2O4. The van der Waals surface area contributed by atoms with Gasteiger partial charge in [0.05, 0.1) is 25.3 Å². The van der Waals surface area contributed by atoms with Gasteiger partial charge in [0, 0.05) is 19.8 Å². The zero-order chi connectivity index (χ0) is 17.7. The fourth-order valence-electron chi connectivity index (χ4n) is 2.33. The Labute approximate surface area is 136 Å². The van der Waals surface area contributed by atoms with Gasteiger partial charge in [-0.3, -0.25) is 0 Å². The van der Waals surface area contributed by atoms with Crippen LogP contribution in [0.4, 0.5) is 13.6 Å². The number of nitrogens with one attached hydrogen (secondary N) is 2. The number of halogens is 2. The van der Waals surface area contributed by atoms with Gasteiger partial charge in [-0.1, -0.05) is 0 Å². The van der Waals surface area contributed by atoms with Crippen molar-refractivity contribution in [3.05, 3.63) is 0 Å². The molecule has 3 atom stereocenters. The van der Waals surface area contributed by atoms with Crippen LogP contribution in [0, 0.1) is 0 Å². The van der Waals surface area contributed by atoms with Gasteiger partial charge in [0.15, 0.2) is 0 Å². The second-order valence-electron chi connectivity index (χ2n) is 6.63. The number of methoxy groups -OCH3 is 1. The number of alkyl halides is 2. The summed E-state index contributed by atoms with van der Waals surface area (Å²) in [4.78, 5) is 11.4. The molecule has 1 amide bonds. The van der Waals surface area contributed by atoms with Crippen LogP contribution in [0.15, 0.2) is 0 Å². The normalized spacial score (nSPS) is 24.9. The molecule has 0 aromatic rings. The summed E-state index contributed by atoms with van der Waals surface area (Å²) in [7, 11) is 1.53. The van der Waals surface area contributed by atoms with E-state index >= 15 is 0 Å². The standard InChI is InChI=1S/C15H28F2N2O4/c1-6-22-11-7-10(12(11)21-5)18-8-15(16,17)9-19-13(20)23-14(2,3)4/h10-12,18H,6-9H2,1-5H3,(H,19,20). The molecule has 1 aliphatic carbocycles. The predicted octanol–water partition coefficient (Wildman–Crippen LogP) is 1.93. The lowest BCUT2D eigenvalue weighted by atomic mass is 9.85. The Kier molecular flexibility index (Phi) is 7.16. The summed E-state index contributed by atoms with van der Waals surface area (Å²) in [5.74, 6) is -3.08. The average Bonchev–Trinajstić information content (AvgIpc) is 2.38. The smallest absolute Gasteiger partial charge is 0.407 e. The molecule has 0 radical (unpaired) electrons. The van der Waals surface area contributed by atoms with Gasteiger partial charge in [-0.2, -0.15) is 0 Å². The Balaban J connectivity index is 2.31. The van der Waals surface area contributed by atoms with Gasteiger partial charge in [-0.25, -0.2) is 13.6 Å². The fraction of sp³-hybridized carbons (Fsp3) is 0.933. The summed E-state index contributed by atoms with van der Waals surface area (Å²) in [5.41, 5.74) is -0.719. The maximum atomic E-state index is 13.8. The number of rotatable bonds is 8. The van der Waals surface area contributed by atoms with Gasteiger partial charge < -0.3 is 24.8 Å². The van der Waals surface area contributed by atoms with Crippen LogP contribution in [0.5, 0.6) is 0 Å². The monoisotopic (exact) mass is 338 g/mol. The van der Waals surface area contributed by atoms with Crippen LogP contribution in [0.25, 0.3) is 0 Å². The quantitative estimate of drug-likeness (QED) is 0.708. The van der Waals surface area contributed by atoms with Crippen molar-refractivity contribution in [2.24, 2.45) is 0 Å². The van der Waals surface area contributed by atoms with Crippen molar-refractivity contribution in [2.75, 3.05) is 26.8 Å². The van der Waals surface area contributed by atoms with Gasteiger partial charge in [0.25, 0.3) is 5.92 Å².